The van der Waals surface area contributed by atoms with Crippen molar-refractivity contribution in [2.45, 2.75) is 64.1 Å². The number of benzene rings is 2. The molecule has 0 unspecified atom stereocenters. The zero-order chi connectivity index (χ0) is 22.3. The summed E-state index contributed by atoms with van der Waals surface area (Å²) in [6, 6.07) is 14.9. The Balaban J connectivity index is 2.24. The SMILES string of the molecule is CC[C@H](C(=O)NC(C)(C)C)N(Cc1ccccc1C)C(=O)CSc1ccc(Cl)cc1. The van der Waals surface area contributed by atoms with E-state index in [1.54, 1.807) is 4.90 Å². The van der Waals surface area contributed by atoms with E-state index in [4.69, 9.17) is 11.6 Å². The number of halogens is 1. The molecule has 4 nitrogen and oxygen atoms in total. The van der Waals surface area contributed by atoms with Gasteiger partial charge < -0.3 is 10.2 Å². The first-order valence-electron chi connectivity index (χ1n) is 10.1. The third kappa shape index (κ3) is 7.37. The van der Waals surface area contributed by atoms with Crippen LogP contribution in [0.4, 0.5) is 0 Å². The summed E-state index contributed by atoms with van der Waals surface area (Å²) < 4.78 is 0. The lowest BCUT2D eigenvalue weighted by Gasteiger charge is -2.33. The van der Waals surface area contributed by atoms with Crippen LogP contribution < -0.4 is 5.32 Å². The number of amides is 2. The van der Waals surface area contributed by atoms with Gasteiger partial charge in [-0.3, -0.25) is 9.59 Å². The van der Waals surface area contributed by atoms with Crippen molar-refractivity contribution in [3.63, 3.8) is 0 Å². The maximum atomic E-state index is 13.3. The van der Waals surface area contributed by atoms with Gasteiger partial charge in [0.15, 0.2) is 0 Å². The lowest BCUT2D eigenvalue weighted by Crippen LogP contribution is -2.53. The monoisotopic (exact) mass is 446 g/mol. The third-order valence-electron chi connectivity index (χ3n) is 4.66. The minimum Gasteiger partial charge on any atom is -0.350 e. The Morgan fingerprint density at radius 3 is 2.30 bits per heavy atom. The highest BCUT2D eigenvalue weighted by Crippen LogP contribution is 2.23. The van der Waals surface area contributed by atoms with E-state index >= 15 is 0 Å². The first-order chi connectivity index (χ1) is 14.1. The molecule has 0 fully saturated rings. The first kappa shape index (κ1) is 24.3. The maximum Gasteiger partial charge on any atom is 0.243 e. The number of nitrogens with zero attached hydrogens (tertiary/aromatic N) is 1. The van der Waals surface area contributed by atoms with Gasteiger partial charge in [0.1, 0.15) is 6.04 Å². The van der Waals surface area contributed by atoms with Crippen molar-refractivity contribution in [1.82, 2.24) is 10.2 Å². The van der Waals surface area contributed by atoms with Gasteiger partial charge in [0.25, 0.3) is 0 Å². The molecule has 2 aromatic carbocycles. The number of hydrogen-bond acceptors (Lipinski definition) is 3. The Morgan fingerprint density at radius 1 is 1.10 bits per heavy atom. The Bertz CT molecular complexity index is 862. The molecular formula is C24H31ClN2O2S. The molecule has 0 aliphatic carbocycles. The summed E-state index contributed by atoms with van der Waals surface area (Å²) in [5, 5.41) is 3.70. The van der Waals surface area contributed by atoms with Crippen molar-refractivity contribution < 1.29 is 9.59 Å². The van der Waals surface area contributed by atoms with Crippen LogP contribution in [0, 0.1) is 6.92 Å². The fourth-order valence-electron chi connectivity index (χ4n) is 3.10. The van der Waals surface area contributed by atoms with Crippen LogP contribution in [0.3, 0.4) is 0 Å². The molecular weight excluding hydrogens is 416 g/mol. The van der Waals surface area contributed by atoms with Crippen LogP contribution >= 0.6 is 23.4 Å². The summed E-state index contributed by atoms with van der Waals surface area (Å²) in [6.07, 6.45) is 0.547. The van der Waals surface area contributed by atoms with Crippen molar-refractivity contribution >= 4 is 35.2 Å². The Labute approximate surface area is 189 Å². The number of thioether (sulfide) groups is 1. The molecule has 1 atom stereocenters. The molecule has 0 heterocycles. The van der Waals surface area contributed by atoms with E-state index in [-0.39, 0.29) is 23.1 Å². The molecule has 2 rings (SSSR count). The third-order valence-corrected chi connectivity index (χ3v) is 5.91. The number of hydrogen-bond donors (Lipinski definition) is 1. The van der Waals surface area contributed by atoms with Gasteiger partial charge in [-0.1, -0.05) is 42.8 Å². The van der Waals surface area contributed by atoms with Crippen LogP contribution in [0.15, 0.2) is 53.4 Å². The number of aryl methyl sites for hydroxylation is 1. The van der Waals surface area contributed by atoms with Crippen LogP contribution in [0.1, 0.15) is 45.2 Å². The highest BCUT2D eigenvalue weighted by atomic mass is 35.5. The van der Waals surface area contributed by atoms with Crippen LogP contribution in [0.25, 0.3) is 0 Å². The molecule has 1 N–H and O–H groups in total. The van der Waals surface area contributed by atoms with Gasteiger partial charge >= 0.3 is 0 Å². The molecule has 0 aromatic heterocycles. The van der Waals surface area contributed by atoms with E-state index in [1.807, 2.05) is 83.1 Å². The minimum atomic E-state index is -0.526. The summed E-state index contributed by atoms with van der Waals surface area (Å²) in [4.78, 5) is 28.9. The number of carbonyl (C=O) groups excluding carboxylic acids is 2. The van der Waals surface area contributed by atoms with Crippen LogP contribution in [0.2, 0.25) is 5.02 Å². The van der Waals surface area contributed by atoms with Crippen LogP contribution in [-0.4, -0.2) is 34.0 Å². The summed E-state index contributed by atoms with van der Waals surface area (Å²) in [6.45, 7) is 10.2. The average molecular weight is 447 g/mol. The molecule has 0 aliphatic heterocycles. The fraction of sp³-hybridized carbons (Fsp3) is 0.417. The zero-order valence-corrected chi connectivity index (χ0v) is 19.9. The summed E-state index contributed by atoms with van der Waals surface area (Å²) in [5.41, 5.74) is 1.79. The van der Waals surface area contributed by atoms with Gasteiger partial charge in [0, 0.05) is 22.0 Å². The van der Waals surface area contributed by atoms with Crippen molar-refractivity contribution in [3.05, 3.63) is 64.7 Å². The highest BCUT2D eigenvalue weighted by Gasteiger charge is 2.30. The minimum absolute atomic E-state index is 0.0610. The topological polar surface area (TPSA) is 49.4 Å². The van der Waals surface area contributed by atoms with Crippen molar-refractivity contribution in [1.29, 1.82) is 0 Å². The van der Waals surface area contributed by atoms with E-state index in [2.05, 4.69) is 5.32 Å². The molecule has 0 saturated carbocycles. The first-order valence-corrected chi connectivity index (χ1v) is 11.5. The maximum absolute atomic E-state index is 13.3. The number of nitrogens with one attached hydrogen (secondary N) is 1. The fourth-order valence-corrected chi connectivity index (χ4v) is 4.01. The molecule has 0 bridgehead atoms. The highest BCUT2D eigenvalue weighted by molar-refractivity contribution is 8.00. The van der Waals surface area contributed by atoms with E-state index in [0.29, 0.717) is 18.0 Å². The largest absolute Gasteiger partial charge is 0.350 e. The second-order valence-corrected chi connectivity index (χ2v) is 9.84. The standard InChI is InChI=1S/C24H31ClN2O2S/c1-6-21(23(29)26-24(3,4)5)27(15-18-10-8-7-9-17(18)2)22(28)16-30-20-13-11-19(25)12-14-20/h7-14,21H,6,15-16H2,1-5H3,(H,26,29)/t21-/m1/s1. The van der Waals surface area contributed by atoms with Gasteiger partial charge in [-0.2, -0.15) is 0 Å². The van der Waals surface area contributed by atoms with Gasteiger partial charge in [0.05, 0.1) is 5.75 Å². The predicted molar refractivity (Wildman–Crippen MR) is 126 cm³/mol. The quantitative estimate of drug-likeness (QED) is 0.547. The van der Waals surface area contributed by atoms with Crippen molar-refractivity contribution in [3.8, 4) is 0 Å². The Morgan fingerprint density at radius 2 is 1.73 bits per heavy atom. The zero-order valence-electron chi connectivity index (χ0n) is 18.4. The number of carbonyl (C=O) groups is 2. The van der Waals surface area contributed by atoms with Gasteiger partial charge in [-0.15, -0.1) is 11.8 Å². The van der Waals surface area contributed by atoms with Gasteiger partial charge in [0.2, 0.25) is 11.8 Å². The molecule has 2 amide bonds. The lowest BCUT2D eigenvalue weighted by molar-refractivity contribution is -0.140. The van der Waals surface area contributed by atoms with E-state index in [0.717, 1.165) is 16.0 Å². The Hall–Kier alpha value is -1.98. The second kappa shape index (κ2) is 10.9. The normalized spacial score (nSPS) is 12.3. The van der Waals surface area contributed by atoms with E-state index in [1.165, 1.54) is 11.8 Å². The number of rotatable bonds is 8. The van der Waals surface area contributed by atoms with Crippen molar-refractivity contribution in [2.24, 2.45) is 0 Å². The predicted octanol–water partition coefficient (Wildman–Crippen LogP) is 5.46. The van der Waals surface area contributed by atoms with Crippen LogP contribution in [0.5, 0.6) is 0 Å². The van der Waals surface area contributed by atoms with Crippen molar-refractivity contribution in [2.75, 3.05) is 5.75 Å². The van der Waals surface area contributed by atoms with Gasteiger partial charge in [-0.05, 0) is 69.5 Å². The molecule has 0 spiro atoms. The molecule has 0 radical (unpaired) electrons. The van der Waals surface area contributed by atoms with Crippen LogP contribution in [-0.2, 0) is 16.1 Å². The molecule has 6 heteroatoms. The van der Waals surface area contributed by atoms with E-state index in [9.17, 15) is 9.59 Å². The summed E-state index contributed by atoms with van der Waals surface area (Å²) in [5.74, 6) is 0.0739. The van der Waals surface area contributed by atoms with Gasteiger partial charge in [-0.25, -0.2) is 0 Å². The molecule has 2 aromatic rings. The smallest absolute Gasteiger partial charge is 0.243 e. The molecule has 0 aliphatic rings. The summed E-state index contributed by atoms with van der Waals surface area (Å²) >= 11 is 7.40. The van der Waals surface area contributed by atoms with E-state index < -0.39 is 6.04 Å². The molecule has 162 valence electrons. The average Bonchev–Trinajstić information content (AvgIpc) is 2.67. The summed E-state index contributed by atoms with van der Waals surface area (Å²) in [7, 11) is 0. The molecule has 0 saturated heterocycles. The Kier molecular flexibility index (Phi) is 8.80. The second-order valence-electron chi connectivity index (χ2n) is 8.35. The lowest BCUT2D eigenvalue weighted by atomic mass is 10.0. The molecule has 30 heavy (non-hydrogen) atoms.